The zero-order valence-electron chi connectivity index (χ0n) is 52.3. The molecule has 23 heteroatoms. The molecule has 1 N–H and O–H groups in total. The Kier molecular flexibility index (Phi) is 25.5. The maximum atomic E-state index is 14.4. The average molecular weight is 1310 g/mol. The number of carboxylic acid groups (broad SMARTS) is 1. The van der Waals surface area contributed by atoms with Gasteiger partial charge in [-0.15, -0.1) is 22.7 Å². The molecule has 8 rings (SSSR count). The quantitative estimate of drug-likeness (QED) is 0.0660. The number of anilines is 2. The van der Waals surface area contributed by atoms with Crippen LogP contribution in [0, 0.1) is 72.0 Å². The van der Waals surface area contributed by atoms with Gasteiger partial charge in [0.25, 0.3) is 0 Å². The molecule has 4 aromatic heterocycles. The largest absolute Gasteiger partial charge is 0.519 e. The Morgan fingerprint density at radius 2 is 1.01 bits per heavy atom. The minimum Gasteiger partial charge on any atom is -0.477 e. The number of rotatable bonds is 15. The smallest absolute Gasteiger partial charge is 0.477 e. The van der Waals surface area contributed by atoms with Crippen molar-refractivity contribution in [1.82, 2.24) is 9.80 Å². The fourth-order valence-corrected chi connectivity index (χ4v) is 12.7. The van der Waals surface area contributed by atoms with E-state index < -0.39 is 35.7 Å². The molecule has 20 nitrogen and oxygen atoms in total. The van der Waals surface area contributed by atoms with E-state index in [0.717, 1.165) is 74.0 Å². The van der Waals surface area contributed by atoms with Crippen LogP contribution in [0.3, 0.4) is 0 Å². The molecule has 0 bridgehead atoms. The van der Waals surface area contributed by atoms with Gasteiger partial charge in [-0.3, -0.25) is 29.0 Å². The van der Waals surface area contributed by atoms with Gasteiger partial charge in [0.15, 0.2) is 23.9 Å². The maximum Gasteiger partial charge on any atom is 0.519 e. The molecule has 476 valence electrons. The number of carboxylic acids is 1. The topological polar surface area (TPSA) is 250 Å². The van der Waals surface area contributed by atoms with Crippen LogP contribution in [0.5, 0.6) is 0 Å². The summed E-state index contributed by atoms with van der Waals surface area (Å²) in [4.78, 5) is 112. The van der Waals surface area contributed by atoms with Gasteiger partial charge in [0, 0.05) is 48.8 Å². The SMILES string of the molecule is CC[C@@H](C(=O)N1CCOCC1)N(C(=O)C1CCC(C)CC1)c1cc(C#CC(C)(C)C)sc1C(=O)O.CC[C@@H](C(=O)N1CCOCC1)N(C(=O)C1CCC(C)CC1)c1cc(C#CC(C)(C)C)sc1C(=O)OCc1oc(=O)oc1C.Cc1oc(=O)oc1CBr. The second-order valence-electron chi connectivity index (χ2n) is 24.6. The number of halogens is 1. The Bertz CT molecular complexity index is 3270. The lowest BCUT2D eigenvalue weighted by Crippen LogP contribution is -2.55. The van der Waals surface area contributed by atoms with Crippen molar-refractivity contribution in [3.8, 4) is 23.7 Å². The van der Waals surface area contributed by atoms with Gasteiger partial charge >= 0.3 is 23.6 Å². The summed E-state index contributed by atoms with van der Waals surface area (Å²) >= 11 is 5.31. The minimum atomic E-state index is -1.11. The van der Waals surface area contributed by atoms with Crippen LogP contribution in [-0.4, -0.2) is 115 Å². The Morgan fingerprint density at radius 1 is 0.632 bits per heavy atom. The van der Waals surface area contributed by atoms with Crippen LogP contribution in [-0.2, 0) is 45.3 Å². The number of esters is 1. The molecule has 2 saturated heterocycles. The fraction of sp³-hybridized carbons (Fsp3) is 0.625. The van der Waals surface area contributed by atoms with Crippen LogP contribution in [0.2, 0.25) is 0 Å². The third kappa shape index (κ3) is 19.6. The predicted octanol–water partition coefficient (Wildman–Crippen LogP) is 11.2. The summed E-state index contributed by atoms with van der Waals surface area (Å²) in [6.45, 7) is 26.5. The molecule has 0 unspecified atom stereocenters. The van der Waals surface area contributed by atoms with Crippen LogP contribution >= 0.6 is 38.6 Å². The lowest BCUT2D eigenvalue weighted by Gasteiger charge is -2.38. The van der Waals surface area contributed by atoms with Gasteiger partial charge in [-0.2, -0.15) is 0 Å². The highest BCUT2D eigenvalue weighted by Crippen LogP contribution is 2.40. The van der Waals surface area contributed by atoms with Gasteiger partial charge in [0.05, 0.1) is 52.9 Å². The number of morpholine rings is 2. The average Bonchev–Trinajstić information content (AvgIpc) is 1.89. The molecular formula is C64H85BrN4O16S2. The van der Waals surface area contributed by atoms with Crippen LogP contribution in [0.4, 0.5) is 11.4 Å². The number of carbonyl (C=O) groups excluding carboxylic acids is 5. The molecule has 4 amide bonds. The van der Waals surface area contributed by atoms with Crippen LogP contribution in [0.15, 0.2) is 39.4 Å². The van der Waals surface area contributed by atoms with Crippen molar-refractivity contribution in [1.29, 1.82) is 0 Å². The van der Waals surface area contributed by atoms with Gasteiger partial charge < -0.3 is 46.8 Å². The second kappa shape index (κ2) is 31.8. The lowest BCUT2D eigenvalue weighted by molar-refractivity contribution is -0.139. The van der Waals surface area contributed by atoms with Gasteiger partial charge in [0.2, 0.25) is 23.6 Å². The molecule has 4 fully saturated rings. The number of alkyl halides is 1. The number of aromatic carboxylic acids is 1. The summed E-state index contributed by atoms with van der Waals surface area (Å²) in [6.07, 6.45) is 7.45. The third-order valence-electron chi connectivity index (χ3n) is 15.4. The number of hydrogen-bond acceptors (Lipinski definition) is 17. The van der Waals surface area contributed by atoms with E-state index in [4.69, 9.17) is 23.0 Å². The molecule has 4 aromatic rings. The van der Waals surface area contributed by atoms with Crippen molar-refractivity contribution in [2.75, 3.05) is 62.4 Å². The van der Waals surface area contributed by atoms with E-state index >= 15 is 0 Å². The van der Waals surface area contributed by atoms with E-state index in [1.54, 1.807) is 35.8 Å². The molecule has 4 aliphatic rings. The number of aryl methyl sites for hydroxylation is 2. The van der Waals surface area contributed by atoms with E-state index in [0.29, 0.717) is 110 Å². The first-order chi connectivity index (χ1) is 41.1. The van der Waals surface area contributed by atoms with Gasteiger partial charge in [-0.1, -0.05) is 67.3 Å². The van der Waals surface area contributed by atoms with E-state index in [9.17, 15) is 43.5 Å². The lowest BCUT2D eigenvalue weighted by atomic mass is 9.82. The van der Waals surface area contributed by atoms with Crippen LogP contribution in [0.25, 0.3) is 0 Å². The number of ether oxygens (including phenoxy) is 3. The Labute approximate surface area is 526 Å². The number of carbonyl (C=O) groups is 6. The van der Waals surface area contributed by atoms with E-state index in [1.807, 2.05) is 55.4 Å². The number of hydrogen-bond donors (Lipinski definition) is 1. The summed E-state index contributed by atoms with van der Waals surface area (Å²) in [5.74, 6) is 10.6. The van der Waals surface area contributed by atoms with Gasteiger partial charge in [-0.25, -0.2) is 19.2 Å². The van der Waals surface area contributed by atoms with Crippen molar-refractivity contribution in [3.05, 3.63) is 75.9 Å². The van der Waals surface area contributed by atoms with Crippen molar-refractivity contribution in [3.63, 3.8) is 0 Å². The molecule has 0 spiro atoms. The summed E-state index contributed by atoms with van der Waals surface area (Å²) in [6, 6.07) is 1.83. The highest BCUT2D eigenvalue weighted by Gasteiger charge is 2.42. The van der Waals surface area contributed by atoms with Crippen molar-refractivity contribution < 1.29 is 65.8 Å². The summed E-state index contributed by atoms with van der Waals surface area (Å²) in [7, 11) is 0. The molecule has 2 aliphatic carbocycles. The van der Waals surface area contributed by atoms with Crippen molar-refractivity contribution in [2.24, 2.45) is 34.5 Å². The number of amides is 4. The van der Waals surface area contributed by atoms with Crippen molar-refractivity contribution in [2.45, 2.75) is 171 Å². The first-order valence-corrected chi connectivity index (χ1v) is 32.8. The van der Waals surface area contributed by atoms with Crippen LogP contribution < -0.4 is 21.4 Å². The zero-order valence-corrected chi connectivity index (χ0v) is 55.5. The zero-order chi connectivity index (χ0) is 63.9. The standard InChI is InChI=1S/C32H42N2O8S.C27H38N2O5S.C5H5BrO3/c1-7-24(29(36)33-14-16-39-17-15-33)34(28(35)22-10-8-20(2)9-11-22)25-18-23(12-13-32(4,5)6)43-27(25)30(37)40-19-26-21(3)41-31(38)42-26;1-6-21(25(31)28-13-15-34-16-14-28)29(24(30)19-9-7-18(2)8-10-19)22-17-20(11-12-27(3,4)5)35-23(22)26(32)33;1-3-4(2-6)9-5(7)8-3/h18,20,22,24H,7-11,14-17,19H2,1-6H3;17-19,21H,6-10,13-16H2,1-5H3,(H,32,33);2H2,1H3/t20?,22?,24-;18?,19?,21-;/m00./s1. The first kappa shape index (κ1) is 69.9. The molecule has 0 radical (unpaired) electrons. The molecule has 2 aliphatic heterocycles. The molecule has 2 saturated carbocycles. The van der Waals surface area contributed by atoms with E-state index in [1.165, 1.54) is 9.80 Å². The second-order valence-corrected chi connectivity index (χ2v) is 27.3. The highest BCUT2D eigenvalue weighted by atomic mass is 79.9. The first-order valence-electron chi connectivity index (χ1n) is 30.0. The monoisotopic (exact) mass is 1310 g/mol. The van der Waals surface area contributed by atoms with Gasteiger partial charge in [-0.05, 0) is 144 Å². The highest BCUT2D eigenvalue weighted by molar-refractivity contribution is 9.08. The van der Waals surface area contributed by atoms with E-state index in [2.05, 4.69) is 62.3 Å². The normalized spacial score (nSPS) is 19.5. The summed E-state index contributed by atoms with van der Waals surface area (Å²) in [5.41, 5.74) is 0.0572. The molecule has 87 heavy (non-hydrogen) atoms. The Morgan fingerprint density at radius 3 is 1.34 bits per heavy atom. The van der Waals surface area contributed by atoms with Crippen molar-refractivity contribution >= 4 is 85.5 Å². The fourth-order valence-electron chi connectivity index (χ4n) is 10.5. The molecule has 0 aromatic carbocycles. The minimum absolute atomic E-state index is 0.0500. The summed E-state index contributed by atoms with van der Waals surface area (Å²) < 4.78 is 35.5. The predicted molar refractivity (Wildman–Crippen MR) is 334 cm³/mol. The van der Waals surface area contributed by atoms with E-state index in [-0.39, 0.29) is 79.9 Å². The third-order valence-corrected chi connectivity index (χ3v) is 17.9. The Hall–Kier alpha value is -6.24. The number of nitrogens with zero attached hydrogens (tertiary/aromatic N) is 4. The molecular weight excluding hydrogens is 1220 g/mol. The Balaban J connectivity index is 0.000000246. The number of thiophene rings is 2. The summed E-state index contributed by atoms with van der Waals surface area (Å²) in [5, 5.41) is 10.6. The van der Waals surface area contributed by atoms with Crippen LogP contribution in [0.1, 0.15) is 186 Å². The molecule has 2 atom stereocenters. The van der Waals surface area contributed by atoms with Gasteiger partial charge in [0.1, 0.15) is 27.6 Å². The maximum absolute atomic E-state index is 14.4. The molecule has 6 heterocycles.